The number of benzene rings is 2. The number of anilines is 2. The van der Waals surface area contributed by atoms with E-state index in [1.807, 2.05) is 30.0 Å². The molecule has 0 radical (unpaired) electrons. The van der Waals surface area contributed by atoms with Gasteiger partial charge in [0.1, 0.15) is 11.4 Å². The Labute approximate surface area is 192 Å². The number of ether oxygens (including phenoxy) is 1. The van der Waals surface area contributed by atoms with E-state index in [1.54, 1.807) is 24.0 Å². The number of rotatable bonds is 5. The highest BCUT2D eigenvalue weighted by Gasteiger charge is 2.34. The summed E-state index contributed by atoms with van der Waals surface area (Å²) in [6.45, 7) is 5.19. The van der Waals surface area contributed by atoms with E-state index in [0.717, 1.165) is 37.9 Å². The number of amides is 2. The van der Waals surface area contributed by atoms with E-state index in [0.29, 0.717) is 17.0 Å². The van der Waals surface area contributed by atoms with E-state index in [1.165, 1.54) is 6.07 Å². The summed E-state index contributed by atoms with van der Waals surface area (Å²) in [7, 11) is 0. The molecule has 0 aromatic heterocycles. The molecule has 1 saturated heterocycles. The first kappa shape index (κ1) is 22.6. The Bertz CT molecular complexity index is 1080. The van der Waals surface area contributed by atoms with Crippen molar-refractivity contribution < 1.29 is 19.2 Å². The average Bonchev–Trinajstić information content (AvgIpc) is 2.82. The number of carbonyl (C=O) groups is 2. The van der Waals surface area contributed by atoms with Crippen molar-refractivity contribution in [3.8, 4) is 5.75 Å². The number of aryl methyl sites for hydroxylation is 1. The van der Waals surface area contributed by atoms with Gasteiger partial charge in [-0.25, -0.2) is 0 Å². The van der Waals surface area contributed by atoms with Gasteiger partial charge in [-0.15, -0.1) is 0 Å². The van der Waals surface area contributed by atoms with Crippen molar-refractivity contribution in [2.45, 2.75) is 39.2 Å². The zero-order chi connectivity index (χ0) is 23.5. The maximum absolute atomic E-state index is 13.1. The third kappa shape index (κ3) is 4.76. The van der Waals surface area contributed by atoms with E-state index in [-0.39, 0.29) is 30.4 Å². The second-order valence-electron chi connectivity index (χ2n) is 8.55. The van der Waals surface area contributed by atoms with Crippen molar-refractivity contribution in [3.63, 3.8) is 0 Å². The standard InChI is InChI=1S/C24H28N4O5/c1-16-10-11-19(28(31)32)23(17(16)2)25-22(29)15-27-14-21(24(30)26-12-6-3-7-13-26)33-20-9-5-4-8-18(20)27/h4-5,8-11,21H,3,6-7,12-15H2,1-2H3,(H,25,29)/t21-/m0/s1. The van der Waals surface area contributed by atoms with E-state index in [4.69, 9.17) is 4.74 Å². The van der Waals surface area contributed by atoms with Gasteiger partial charge in [-0.05, 0) is 56.4 Å². The minimum atomic E-state index is -0.708. The number of piperidine rings is 1. The number of fused-ring (bicyclic) bond motifs is 1. The lowest BCUT2D eigenvalue weighted by molar-refractivity contribution is -0.384. The molecule has 2 aliphatic rings. The number of nitro benzene ring substituents is 1. The van der Waals surface area contributed by atoms with E-state index < -0.39 is 16.9 Å². The van der Waals surface area contributed by atoms with Gasteiger partial charge in [-0.2, -0.15) is 0 Å². The molecule has 9 nitrogen and oxygen atoms in total. The molecule has 0 bridgehead atoms. The summed E-state index contributed by atoms with van der Waals surface area (Å²) >= 11 is 0. The van der Waals surface area contributed by atoms with Gasteiger partial charge in [-0.3, -0.25) is 19.7 Å². The molecular formula is C24H28N4O5. The molecule has 0 aliphatic carbocycles. The lowest BCUT2D eigenvalue weighted by Crippen LogP contribution is -2.52. The first-order chi connectivity index (χ1) is 15.8. The number of carbonyl (C=O) groups excluding carboxylic acids is 2. The fourth-order valence-corrected chi connectivity index (χ4v) is 4.37. The molecule has 174 valence electrons. The third-order valence-electron chi connectivity index (χ3n) is 6.31. The maximum atomic E-state index is 13.1. The number of para-hydroxylation sites is 2. The summed E-state index contributed by atoms with van der Waals surface area (Å²) in [5.41, 5.74) is 2.27. The molecule has 33 heavy (non-hydrogen) atoms. The summed E-state index contributed by atoms with van der Waals surface area (Å²) < 4.78 is 6.01. The summed E-state index contributed by atoms with van der Waals surface area (Å²) in [6.07, 6.45) is 2.38. The van der Waals surface area contributed by atoms with Crippen LogP contribution in [0.15, 0.2) is 36.4 Å². The summed E-state index contributed by atoms with van der Waals surface area (Å²) in [5, 5.41) is 14.2. The Balaban J connectivity index is 1.54. The van der Waals surface area contributed by atoms with Crippen LogP contribution >= 0.6 is 0 Å². The highest BCUT2D eigenvalue weighted by Crippen LogP contribution is 2.34. The van der Waals surface area contributed by atoms with Crippen LogP contribution in [0.2, 0.25) is 0 Å². The van der Waals surface area contributed by atoms with Crippen molar-refractivity contribution in [1.82, 2.24) is 4.90 Å². The van der Waals surface area contributed by atoms with Crippen LogP contribution in [0.3, 0.4) is 0 Å². The van der Waals surface area contributed by atoms with Gasteiger partial charge in [0.2, 0.25) is 5.91 Å². The highest BCUT2D eigenvalue weighted by molar-refractivity contribution is 5.97. The van der Waals surface area contributed by atoms with Crippen LogP contribution in [0.1, 0.15) is 30.4 Å². The molecule has 2 aliphatic heterocycles. The molecule has 0 spiro atoms. The first-order valence-electron chi connectivity index (χ1n) is 11.2. The Morgan fingerprint density at radius 3 is 2.58 bits per heavy atom. The number of hydrogen-bond acceptors (Lipinski definition) is 6. The normalized spacial score (nSPS) is 17.7. The maximum Gasteiger partial charge on any atom is 0.293 e. The molecular weight excluding hydrogens is 424 g/mol. The van der Waals surface area contributed by atoms with Crippen LogP contribution in [0, 0.1) is 24.0 Å². The molecule has 2 aromatic rings. The van der Waals surface area contributed by atoms with Gasteiger partial charge in [-0.1, -0.05) is 18.2 Å². The predicted molar refractivity (Wildman–Crippen MR) is 125 cm³/mol. The molecule has 4 rings (SSSR count). The van der Waals surface area contributed by atoms with Crippen molar-refractivity contribution in [2.75, 3.05) is 36.4 Å². The van der Waals surface area contributed by atoms with E-state index in [2.05, 4.69) is 5.32 Å². The Morgan fingerprint density at radius 2 is 1.85 bits per heavy atom. The summed E-state index contributed by atoms with van der Waals surface area (Å²) in [4.78, 5) is 40.7. The molecule has 1 N–H and O–H groups in total. The first-order valence-corrected chi connectivity index (χ1v) is 11.2. The lowest BCUT2D eigenvalue weighted by Gasteiger charge is -2.38. The van der Waals surface area contributed by atoms with Gasteiger partial charge in [0.25, 0.3) is 11.6 Å². The van der Waals surface area contributed by atoms with Crippen molar-refractivity contribution in [2.24, 2.45) is 0 Å². The van der Waals surface area contributed by atoms with E-state index >= 15 is 0 Å². The number of nitrogens with zero attached hydrogens (tertiary/aromatic N) is 3. The van der Waals surface area contributed by atoms with Gasteiger partial charge in [0.05, 0.1) is 23.7 Å². The molecule has 0 unspecified atom stereocenters. The van der Waals surface area contributed by atoms with Crippen LogP contribution in [-0.4, -0.2) is 53.9 Å². The molecule has 0 saturated carbocycles. The zero-order valence-electron chi connectivity index (χ0n) is 18.9. The molecule has 2 aromatic carbocycles. The average molecular weight is 453 g/mol. The van der Waals surface area contributed by atoms with Gasteiger partial charge in [0, 0.05) is 19.2 Å². The van der Waals surface area contributed by atoms with Crippen molar-refractivity contribution >= 4 is 28.9 Å². The Morgan fingerprint density at radius 1 is 1.12 bits per heavy atom. The van der Waals surface area contributed by atoms with Crippen LogP contribution in [0.25, 0.3) is 0 Å². The van der Waals surface area contributed by atoms with Crippen LogP contribution < -0.4 is 15.0 Å². The molecule has 1 fully saturated rings. The summed E-state index contributed by atoms with van der Waals surface area (Å²) in [6, 6.07) is 10.4. The number of hydrogen-bond donors (Lipinski definition) is 1. The monoisotopic (exact) mass is 452 g/mol. The van der Waals surface area contributed by atoms with E-state index in [9.17, 15) is 19.7 Å². The Kier molecular flexibility index (Phi) is 6.48. The van der Waals surface area contributed by atoms with Crippen LogP contribution in [0.5, 0.6) is 5.75 Å². The van der Waals surface area contributed by atoms with Gasteiger partial charge < -0.3 is 19.9 Å². The Hall–Kier alpha value is -3.62. The molecule has 1 atom stereocenters. The summed E-state index contributed by atoms with van der Waals surface area (Å²) in [5.74, 6) is 0.0806. The largest absolute Gasteiger partial charge is 0.477 e. The molecule has 2 amide bonds. The SMILES string of the molecule is Cc1ccc([N+](=O)[O-])c(NC(=O)CN2C[C@@H](C(=O)N3CCCCC3)Oc3ccccc32)c1C. The quantitative estimate of drug-likeness (QED) is 0.550. The smallest absolute Gasteiger partial charge is 0.293 e. The fourth-order valence-electron chi connectivity index (χ4n) is 4.37. The van der Waals surface area contributed by atoms with Gasteiger partial charge >= 0.3 is 0 Å². The fraction of sp³-hybridized carbons (Fsp3) is 0.417. The van der Waals surface area contributed by atoms with Crippen molar-refractivity contribution in [1.29, 1.82) is 0 Å². The second kappa shape index (κ2) is 9.48. The zero-order valence-corrected chi connectivity index (χ0v) is 18.9. The topological polar surface area (TPSA) is 105 Å². The number of nitro groups is 1. The number of likely N-dealkylation sites (tertiary alicyclic amines) is 1. The number of nitrogens with one attached hydrogen (secondary N) is 1. The van der Waals surface area contributed by atoms with Crippen LogP contribution in [-0.2, 0) is 9.59 Å². The minimum Gasteiger partial charge on any atom is -0.477 e. The van der Waals surface area contributed by atoms with Crippen molar-refractivity contribution in [3.05, 3.63) is 57.6 Å². The molecule has 2 heterocycles. The second-order valence-corrected chi connectivity index (χ2v) is 8.55. The predicted octanol–water partition coefficient (Wildman–Crippen LogP) is 3.43. The minimum absolute atomic E-state index is 0.0608. The molecule has 9 heteroatoms. The third-order valence-corrected chi connectivity index (χ3v) is 6.31. The highest BCUT2D eigenvalue weighted by atomic mass is 16.6. The lowest BCUT2D eigenvalue weighted by atomic mass is 10.1. The van der Waals surface area contributed by atoms with Gasteiger partial charge in [0.15, 0.2) is 6.10 Å². The van der Waals surface area contributed by atoms with Crippen LogP contribution in [0.4, 0.5) is 17.1 Å².